The summed E-state index contributed by atoms with van der Waals surface area (Å²) in [5, 5.41) is 5.71. The van der Waals surface area contributed by atoms with Crippen molar-refractivity contribution in [2.45, 2.75) is 11.4 Å². The zero-order valence-electron chi connectivity index (χ0n) is 12.6. The van der Waals surface area contributed by atoms with Gasteiger partial charge in [0.2, 0.25) is 5.91 Å². The molecule has 0 spiro atoms. The molecule has 0 saturated heterocycles. The molecule has 0 fully saturated rings. The van der Waals surface area contributed by atoms with Crippen molar-refractivity contribution in [1.82, 2.24) is 5.32 Å². The quantitative estimate of drug-likeness (QED) is 0.905. The number of rotatable bonds is 4. The molecular weight excluding hydrogens is 312 g/mol. The third-order valence-corrected chi connectivity index (χ3v) is 4.56. The van der Waals surface area contributed by atoms with Gasteiger partial charge in [-0.05, 0) is 29.8 Å². The van der Waals surface area contributed by atoms with Crippen LogP contribution in [0.3, 0.4) is 0 Å². The molecule has 0 saturated carbocycles. The maximum absolute atomic E-state index is 12.3. The van der Waals surface area contributed by atoms with Crippen LogP contribution >= 0.6 is 11.8 Å². The van der Waals surface area contributed by atoms with E-state index in [4.69, 9.17) is 4.74 Å². The second kappa shape index (κ2) is 6.75. The van der Waals surface area contributed by atoms with Crippen LogP contribution in [-0.2, 0) is 11.3 Å². The number of fused-ring (bicyclic) bond motifs is 1. The average molecular weight is 328 g/mol. The van der Waals surface area contributed by atoms with Crippen molar-refractivity contribution in [2.75, 3.05) is 18.2 Å². The first-order chi connectivity index (χ1) is 11.2. The van der Waals surface area contributed by atoms with Gasteiger partial charge in [-0.15, -0.1) is 11.8 Å². The summed E-state index contributed by atoms with van der Waals surface area (Å²) >= 11 is 1.52. The second-order valence-corrected chi connectivity index (χ2v) is 6.07. The smallest absolute Gasteiger partial charge is 0.255 e. The number of carbonyl (C=O) groups is 2. The summed E-state index contributed by atoms with van der Waals surface area (Å²) in [6.45, 7) is 0.380. The van der Waals surface area contributed by atoms with Gasteiger partial charge in [-0.2, -0.15) is 0 Å². The van der Waals surface area contributed by atoms with Crippen molar-refractivity contribution in [2.24, 2.45) is 0 Å². The van der Waals surface area contributed by atoms with Gasteiger partial charge in [-0.3, -0.25) is 9.59 Å². The SMILES string of the molecule is COc1ccccc1C(=O)NCc1ccc2c(c1)NC(=O)CS2. The van der Waals surface area contributed by atoms with Crippen LogP contribution in [0.1, 0.15) is 15.9 Å². The molecule has 2 aromatic carbocycles. The second-order valence-electron chi connectivity index (χ2n) is 5.05. The van der Waals surface area contributed by atoms with Gasteiger partial charge in [0, 0.05) is 11.4 Å². The lowest BCUT2D eigenvalue weighted by molar-refractivity contribution is -0.113. The van der Waals surface area contributed by atoms with E-state index in [1.807, 2.05) is 24.3 Å². The lowest BCUT2D eigenvalue weighted by Gasteiger charge is -2.17. The Morgan fingerprint density at radius 1 is 1.30 bits per heavy atom. The molecule has 2 aromatic rings. The van der Waals surface area contributed by atoms with Crippen LogP contribution in [0.15, 0.2) is 47.4 Å². The normalized spacial score (nSPS) is 13.0. The first kappa shape index (κ1) is 15.4. The van der Waals surface area contributed by atoms with Crippen LogP contribution in [0.25, 0.3) is 0 Å². The summed E-state index contributed by atoms with van der Waals surface area (Å²) in [4.78, 5) is 24.8. The van der Waals surface area contributed by atoms with Crippen LogP contribution < -0.4 is 15.4 Å². The molecule has 1 aliphatic rings. The Morgan fingerprint density at radius 2 is 2.13 bits per heavy atom. The number of amides is 2. The molecule has 23 heavy (non-hydrogen) atoms. The minimum absolute atomic E-state index is 0.00212. The number of ether oxygens (including phenoxy) is 1. The summed E-state index contributed by atoms with van der Waals surface area (Å²) in [7, 11) is 1.54. The molecule has 2 N–H and O–H groups in total. The summed E-state index contributed by atoms with van der Waals surface area (Å²) in [5.74, 6) is 0.784. The molecule has 0 atom stereocenters. The van der Waals surface area contributed by atoms with E-state index in [1.165, 1.54) is 18.9 Å². The predicted molar refractivity (Wildman–Crippen MR) is 90.0 cm³/mol. The highest BCUT2D eigenvalue weighted by Crippen LogP contribution is 2.31. The van der Waals surface area contributed by atoms with E-state index in [-0.39, 0.29) is 11.8 Å². The third kappa shape index (κ3) is 3.48. The number of methoxy groups -OCH3 is 1. The maximum Gasteiger partial charge on any atom is 0.255 e. The average Bonchev–Trinajstić information content (AvgIpc) is 2.59. The van der Waals surface area contributed by atoms with Crippen LogP contribution in [0.5, 0.6) is 5.75 Å². The molecule has 0 unspecified atom stereocenters. The largest absolute Gasteiger partial charge is 0.496 e. The molecule has 1 heterocycles. The minimum Gasteiger partial charge on any atom is -0.496 e. The van der Waals surface area contributed by atoms with Gasteiger partial charge in [-0.1, -0.05) is 18.2 Å². The molecule has 6 heteroatoms. The summed E-state index contributed by atoms with van der Waals surface area (Å²) < 4.78 is 5.19. The molecule has 0 aliphatic carbocycles. The zero-order valence-corrected chi connectivity index (χ0v) is 13.4. The Kier molecular flexibility index (Phi) is 4.52. The standard InChI is InChI=1S/C17H16N2O3S/c1-22-14-5-3-2-4-12(14)17(21)18-9-11-6-7-15-13(8-11)19-16(20)10-23-15/h2-8H,9-10H2,1H3,(H,18,21)(H,19,20). The number of para-hydroxylation sites is 1. The van der Waals surface area contributed by atoms with Gasteiger partial charge in [0.15, 0.2) is 0 Å². The van der Waals surface area contributed by atoms with Crippen molar-refractivity contribution >= 4 is 29.3 Å². The van der Waals surface area contributed by atoms with Crippen LogP contribution in [-0.4, -0.2) is 24.7 Å². The number of anilines is 1. The fraction of sp³-hybridized carbons (Fsp3) is 0.176. The van der Waals surface area contributed by atoms with Crippen molar-refractivity contribution in [1.29, 1.82) is 0 Å². The van der Waals surface area contributed by atoms with Crippen LogP contribution in [0, 0.1) is 0 Å². The van der Waals surface area contributed by atoms with E-state index < -0.39 is 0 Å². The fourth-order valence-electron chi connectivity index (χ4n) is 2.35. The van der Waals surface area contributed by atoms with Crippen LogP contribution in [0.2, 0.25) is 0 Å². The lowest BCUT2D eigenvalue weighted by atomic mass is 10.1. The molecule has 0 bridgehead atoms. The molecular formula is C17H16N2O3S. The van der Waals surface area contributed by atoms with E-state index in [1.54, 1.807) is 18.2 Å². The lowest BCUT2D eigenvalue weighted by Crippen LogP contribution is -2.24. The highest BCUT2D eigenvalue weighted by Gasteiger charge is 2.16. The molecule has 0 radical (unpaired) electrons. The Balaban J connectivity index is 1.70. The highest BCUT2D eigenvalue weighted by atomic mass is 32.2. The first-order valence-electron chi connectivity index (χ1n) is 7.14. The van der Waals surface area contributed by atoms with Gasteiger partial charge < -0.3 is 15.4 Å². The third-order valence-electron chi connectivity index (χ3n) is 3.48. The number of carbonyl (C=O) groups excluding carboxylic acids is 2. The molecule has 118 valence electrons. The Morgan fingerprint density at radius 3 is 2.96 bits per heavy atom. The van der Waals surface area contributed by atoms with Gasteiger partial charge in [-0.25, -0.2) is 0 Å². The molecule has 1 aliphatic heterocycles. The van der Waals surface area contributed by atoms with Crippen molar-refractivity contribution in [3.63, 3.8) is 0 Å². The predicted octanol–water partition coefficient (Wildman–Crippen LogP) is 2.67. The molecule has 5 nitrogen and oxygen atoms in total. The number of hydrogen-bond acceptors (Lipinski definition) is 4. The highest BCUT2D eigenvalue weighted by molar-refractivity contribution is 8.00. The monoisotopic (exact) mass is 328 g/mol. The number of hydrogen-bond donors (Lipinski definition) is 2. The van der Waals surface area contributed by atoms with E-state index >= 15 is 0 Å². The van der Waals surface area contributed by atoms with Crippen molar-refractivity contribution in [3.05, 3.63) is 53.6 Å². The number of benzene rings is 2. The minimum atomic E-state index is -0.196. The van der Waals surface area contributed by atoms with E-state index in [0.717, 1.165) is 16.1 Å². The van der Waals surface area contributed by atoms with Crippen molar-refractivity contribution < 1.29 is 14.3 Å². The van der Waals surface area contributed by atoms with Crippen LogP contribution in [0.4, 0.5) is 5.69 Å². The van der Waals surface area contributed by atoms with Gasteiger partial charge in [0.25, 0.3) is 5.91 Å². The van der Waals surface area contributed by atoms with E-state index in [0.29, 0.717) is 23.6 Å². The fourth-order valence-corrected chi connectivity index (χ4v) is 3.14. The Labute approximate surface area is 138 Å². The Bertz CT molecular complexity index is 761. The van der Waals surface area contributed by atoms with E-state index in [9.17, 15) is 9.59 Å². The molecule has 2 amide bonds. The van der Waals surface area contributed by atoms with Gasteiger partial charge in [0.05, 0.1) is 24.1 Å². The van der Waals surface area contributed by atoms with E-state index in [2.05, 4.69) is 10.6 Å². The topological polar surface area (TPSA) is 67.4 Å². The summed E-state index contributed by atoms with van der Waals surface area (Å²) in [6.07, 6.45) is 0. The number of nitrogens with one attached hydrogen (secondary N) is 2. The summed E-state index contributed by atoms with van der Waals surface area (Å²) in [6, 6.07) is 12.9. The number of thioether (sulfide) groups is 1. The van der Waals surface area contributed by atoms with Gasteiger partial charge >= 0.3 is 0 Å². The van der Waals surface area contributed by atoms with Crippen molar-refractivity contribution in [3.8, 4) is 5.75 Å². The first-order valence-corrected chi connectivity index (χ1v) is 8.13. The zero-order chi connectivity index (χ0) is 16.2. The Hall–Kier alpha value is -2.47. The molecule has 3 rings (SSSR count). The maximum atomic E-state index is 12.3. The van der Waals surface area contributed by atoms with Gasteiger partial charge in [0.1, 0.15) is 5.75 Å². The molecule has 0 aromatic heterocycles. The summed E-state index contributed by atoms with van der Waals surface area (Å²) in [5.41, 5.74) is 2.22.